The second-order valence-corrected chi connectivity index (χ2v) is 9.39. The maximum atomic E-state index is 12.5. The lowest BCUT2D eigenvalue weighted by Gasteiger charge is -2.35. The van der Waals surface area contributed by atoms with Crippen LogP contribution in [0.4, 0.5) is 5.95 Å². The Morgan fingerprint density at radius 3 is 2.62 bits per heavy atom. The Kier molecular flexibility index (Phi) is 5.77. The molecule has 0 saturated carbocycles. The molecule has 1 aromatic carbocycles. The molecule has 0 bridgehead atoms. The zero-order chi connectivity index (χ0) is 20.3. The molecule has 1 saturated heterocycles. The van der Waals surface area contributed by atoms with Crippen molar-refractivity contribution in [1.82, 2.24) is 14.9 Å². The quantitative estimate of drug-likeness (QED) is 0.712. The number of fused-ring (bicyclic) bond motifs is 1. The van der Waals surface area contributed by atoms with Crippen molar-refractivity contribution in [2.75, 3.05) is 43.4 Å². The van der Waals surface area contributed by atoms with Crippen molar-refractivity contribution >= 4 is 21.7 Å². The van der Waals surface area contributed by atoms with E-state index in [4.69, 9.17) is 4.74 Å². The smallest absolute Gasteiger partial charge is 0.237 e. The van der Waals surface area contributed by atoms with Crippen molar-refractivity contribution < 1.29 is 17.9 Å². The van der Waals surface area contributed by atoms with Crippen LogP contribution in [0.1, 0.15) is 16.8 Å². The lowest BCUT2D eigenvalue weighted by molar-refractivity contribution is -0.128. The highest BCUT2D eigenvalue weighted by Crippen LogP contribution is 2.18. The van der Waals surface area contributed by atoms with Gasteiger partial charge in [0.2, 0.25) is 11.9 Å². The van der Waals surface area contributed by atoms with Crippen molar-refractivity contribution in [3.8, 4) is 0 Å². The van der Waals surface area contributed by atoms with Crippen molar-refractivity contribution in [3.05, 3.63) is 53.3 Å². The van der Waals surface area contributed by atoms with E-state index in [-0.39, 0.29) is 11.7 Å². The van der Waals surface area contributed by atoms with Crippen LogP contribution in [0.5, 0.6) is 0 Å². The van der Waals surface area contributed by atoms with Crippen LogP contribution in [0, 0.1) is 0 Å². The summed E-state index contributed by atoms with van der Waals surface area (Å²) in [7, 11) is -3.50. The van der Waals surface area contributed by atoms with E-state index >= 15 is 0 Å². The molecule has 154 valence electrons. The monoisotopic (exact) mass is 416 g/mol. The summed E-state index contributed by atoms with van der Waals surface area (Å²) in [6, 6.07) is 8.93. The van der Waals surface area contributed by atoms with E-state index in [0.717, 1.165) is 17.7 Å². The van der Waals surface area contributed by atoms with Gasteiger partial charge in [-0.05, 0) is 5.56 Å². The average molecular weight is 417 g/mol. The van der Waals surface area contributed by atoms with Crippen molar-refractivity contribution in [1.29, 1.82) is 0 Å². The van der Waals surface area contributed by atoms with Gasteiger partial charge in [0.25, 0.3) is 0 Å². The van der Waals surface area contributed by atoms with Gasteiger partial charge in [0, 0.05) is 44.4 Å². The van der Waals surface area contributed by atoms with E-state index in [0.29, 0.717) is 50.9 Å². The third kappa shape index (κ3) is 4.91. The SMILES string of the molecule is O=C(CS(=O)(=O)Cc1ccccc1)N1CCN(c2ncc3c(n2)CCOC3)CC1. The van der Waals surface area contributed by atoms with E-state index < -0.39 is 15.6 Å². The van der Waals surface area contributed by atoms with Gasteiger partial charge in [0.1, 0.15) is 5.75 Å². The molecule has 1 aromatic heterocycles. The number of rotatable bonds is 5. The number of carbonyl (C=O) groups is 1. The third-order valence-electron chi connectivity index (χ3n) is 5.17. The van der Waals surface area contributed by atoms with Crippen LogP contribution < -0.4 is 4.90 Å². The van der Waals surface area contributed by atoms with E-state index in [9.17, 15) is 13.2 Å². The number of benzene rings is 1. The zero-order valence-corrected chi connectivity index (χ0v) is 17.0. The minimum Gasteiger partial charge on any atom is -0.376 e. The van der Waals surface area contributed by atoms with Crippen LogP contribution >= 0.6 is 0 Å². The molecule has 8 nitrogen and oxygen atoms in total. The molecule has 1 fully saturated rings. The van der Waals surface area contributed by atoms with Crippen LogP contribution in [0.3, 0.4) is 0 Å². The van der Waals surface area contributed by atoms with Gasteiger partial charge in [-0.1, -0.05) is 30.3 Å². The number of anilines is 1. The molecule has 2 aliphatic heterocycles. The molecule has 0 aliphatic carbocycles. The fraction of sp³-hybridized carbons (Fsp3) is 0.450. The molecule has 29 heavy (non-hydrogen) atoms. The highest BCUT2D eigenvalue weighted by molar-refractivity contribution is 7.91. The molecular formula is C20H24N4O4S. The number of hydrogen-bond donors (Lipinski definition) is 0. The highest BCUT2D eigenvalue weighted by Gasteiger charge is 2.27. The van der Waals surface area contributed by atoms with Crippen LogP contribution in [0.25, 0.3) is 0 Å². The first-order valence-corrected chi connectivity index (χ1v) is 11.5. The maximum absolute atomic E-state index is 12.5. The van der Waals surface area contributed by atoms with E-state index in [1.54, 1.807) is 29.2 Å². The minimum absolute atomic E-state index is 0.119. The lowest BCUT2D eigenvalue weighted by atomic mass is 10.1. The van der Waals surface area contributed by atoms with Gasteiger partial charge in [-0.25, -0.2) is 18.4 Å². The van der Waals surface area contributed by atoms with Gasteiger partial charge in [-0.15, -0.1) is 0 Å². The molecular weight excluding hydrogens is 392 g/mol. The Bertz CT molecular complexity index is 973. The van der Waals surface area contributed by atoms with E-state index in [1.807, 2.05) is 17.2 Å². The summed E-state index contributed by atoms with van der Waals surface area (Å²) >= 11 is 0. The third-order valence-corrected chi connectivity index (χ3v) is 6.63. The number of carbonyl (C=O) groups excluding carboxylic acids is 1. The largest absolute Gasteiger partial charge is 0.376 e. The number of piperazine rings is 1. The molecule has 2 aliphatic rings. The number of aromatic nitrogens is 2. The summed E-state index contributed by atoms with van der Waals surface area (Å²) in [6.45, 7) is 3.31. The molecule has 2 aromatic rings. The van der Waals surface area contributed by atoms with Crippen LogP contribution in [-0.4, -0.2) is 67.7 Å². The summed E-state index contributed by atoms with van der Waals surface area (Å²) in [5, 5.41) is 0. The Hall–Kier alpha value is -2.52. The van der Waals surface area contributed by atoms with Gasteiger partial charge in [-0.2, -0.15) is 0 Å². The number of amides is 1. The fourth-order valence-corrected chi connectivity index (χ4v) is 4.95. The summed E-state index contributed by atoms with van der Waals surface area (Å²) < 4.78 is 30.2. The predicted molar refractivity (Wildman–Crippen MR) is 108 cm³/mol. The predicted octanol–water partition coefficient (Wildman–Crippen LogP) is 0.813. The van der Waals surface area contributed by atoms with Crippen molar-refractivity contribution in [3.63, 3.8) is 0 Å². The number of nitrogens with zero attached hydrogens (tertiary/aromatic N) is 4. The maximum Gasteiger partial charge on any atom is 0.237 e. The Labute approximate surface area is 170 Å². The second kappa shape index (κ2) is 8.46. The van der Waals surface area contributed by atoms with Gasteiger partial charge >= 0.3 is 0 Å². The molecule has 4 rings (SSSR count). The fourth-order valence-electron chi connectivity index (χ4n) is 3.59. The number of hydrogen-bond acceptors (Lipinski definition) is 7. The standard InChI is InChI=1S/C20H24N4O4S/c25-19(15-29(26,27)14-16-4-2-1-3-5-16)23-7-9-24(10-8-23)20-21-12-17-13-28-11-6-18(17)22-20/h1-5,12H,6-11,13-15H2. The first-order chi connectivity index (χ1) is 14.0. The van der Waals surface area contributed by atoms with Gasteiger partial charge < -0.3 is 14.5 Å². The summed E-state index contributed by atoms with van der Waals surface area (Å²) in [5.74, 6) is -0.262. The van der Waals surface area contributed by atoms with Gasteiger partial charge in [0.05, 0.1) is 24.7 Å². The van der Waals surface area contributed by atoms with Crippen LogP contribution in [0.2, 0.25) is 0 Å². The first kappa shape index (κ1) is 19.8. The molecule has 0 radical (unpaired) electrons. The number of ether oxygens (including phenoxy) is 1. The van der Waals surface area contributed by atoms with Crippen LogP contribution in [-0.2, 0) is 38.1 Å². The second-order valence-electron chi connectivity index (χ2n) is 7.33. The lowest BCUT2D eigenvalue weighted by Crippen LogP contribution is -2.50. The first-order valence-electron chi connectivity index (χ1n) is 9.70. The Morgan fingerprint density at radius 2 is 1.86 bits per heavy atom. The molecule has 0 atom stereocenters. The summed E-state index contributed by atoms with van der Waals surface area (Å²) in [6.07, 6.45) is 2.59. The summed E-state index contributed by atoms with van der Waals surface area (Å²) in [5.41, 5.74) is 2.74. The van der Waals surface area contributed by atoms with E-state index in [2.05, 4.69) is 9.97 Å². The van der Waals surface area contributed by atoms with E-state index in [1.165, 1.54) is 0 Å². The molecule has 0 N–H and O–H groups in total. The minimum atomic E-state index is -3.50. The van der Waals surface area contributed by atoms with Crippen LogP contribution in [0.15, 0.2) is 36.5 Å². The van der Waals surface area contributed by atoms with Gasteiger partial charge in [-0.3, -0.25) is 4.79 Å². The average Bonchev–Trinajstić information content (AvgIpc) is 2.73. The van der Waals surface area contributed by atoms with Crippen molar-refractivity contribution in [2.24, 2.45) is 0 Å². The number of sulfone groups is 1. The Balaban J connectivity index is 1.32. The topological polar surface area (TPSA) is 92.7 Å². The molecule has 1 amide bonds. The summed E-state index contributed by atoms with van der Waals surface area (Å²) in [4.78, 5) is 25.3. The molecule has 0 unspecified atom stereocenters. The Morgan fingerprint density at radius 1 is 1.10 bits per heavy atom. The zero-order valence-electron chi connectivity index (χ0n) is 16.2. The molecule has 3 heterocycles. The molecule has 0 spiro atoms. The normalized spacial score (nSPS) is 17.1. The van der Waals surface area contributed by atoms with Gasteiger partial charge in [0.15, 0.2) is 9.84 Å². The highest BCUT2D eigenvalue weighted by atomic mass is 32.2. The van der Waals surface area contributed by atoms with Crippen molar-refractivity contribution in [2.45, 2.75) is 18.8 Å². The molecule has 9 heteroatoms.